The quantitative estimate of drug-likeness (QED) is 0.638. The van der Waals surface area contributed by atoms with Gasteiger partial charge in [-0.25, -0.2) is 4.98 Å². The number of hydrogen-bond donors (Lipinski definition) is 1. The largest absolute Gasteiger partial charge is 0.410 e. The first-order valence-corrected chi connectivity index (χ1v) is 9.51. The van der Waals surface area contributed by atoms with Crippen molar-refractivity contribution < 1.29 is 9.21 Å². The molecule has 2 heterocycles. The van der Waals surface area contributed by atoms with Crippen LogP contribution in [0.15, 0.2) is 33.9 Å². The number of benzene rings is 1. The Morgan fingerprint density at radius 2 is 2.16 bits per heavy atom. The van der Waals surface area contributed by atoms with Crippen molar-refractivity contribution in [2.75, 3.05) is 5.32 Å². The van der Waals surface area contributed by atoms with Crippen molar-refractivity contribution in [2.24, 2.45) is 0 Å². The average molecular weight is 395 g/mol. The molecule has 1 N–H and O–H groups in total. The van der Waals surface area contributed by atoms with Crippen LogP contribution in [0.1, 0.15) is 17.6 Å². The Kier molecular flexibility index (Phi) is 5.41. The van der Waals surface area contributed by atoms with Crippen molar-refractivity contribution in [3.05, 3.63) is 40.0 Å². The van der Waals surface area contributed by atoms with Crippen LogP contribution in [0.4, 0.5) is 5.69 Å². The van der Waals surface area contributed by atoms with Crippen LogP contribution in [-0.2, 0) is 4.79 Å². The van der Waals surface area contributed by atoms with Crippen LogP contribution in [-0.4, -0.2) is 26.3 Å². The topological polar surface area (TPSA) is 80.9 Å². The van der Waals surface area contributed by atoms with Crippen LogP contribution in [0, 0.1) is 13.8 Å². The zero-order valence-electron chi connectivity index (χ0n) is 13.7. The lowest BCUT2D eigenvalue weighted by Gasteiger charge is -2.09. The zero-order chi connectivity index (χ0) is 18.0. The first kappa shape index (κ1) is 17.9. The van der Waals surface area contributed by atoms with E-state index in [9.17, 15) is 4.79 Å². The summed E-state index contributed by atoms with van der Waals surface area (Å²) in [7, 11) is 0. The van der Waals surface area contributed by atoms with E-state index >= 15 is 0 Å². The van der Waals surface area contributed by atoms with E-state index in [2.05, 4.69) is 20.5 Å². The third-order valence-electron chi connectivity index (χ3n) is 3.24. The molecule has 0 spiro atoms. The fourth-order valence-electron chi connectivity index (χ4n) is 2.09. The molecule has 1 unspecified atom stereocenters. The Morgan fingerprint density at radius 1 is 1.36 bits per heavy atom. The lowest BCUT2D eigenvalue weighted by atomic mass is 10.3. The van der Waals surface area contributed by atoms with Crippen LogP contribution < -0.4 is 5.32 Å². The van der Waals surface area contributed by atoms with Gasteiger partial charge in [0.1, 0.15) is 4.88 Å². The molecule has 3 aromatic rings. The second kappa shape index (κ2) is 7.55. The summed E-state index contributed by atoms with van der Waals surface area (Å²) in [6, 6.07) is 7.00. The molecule has 2 aromatic heterocycles. The Hall–Kier alpha value is -1.90. The maximum absolute atomic E-state index is 12.3. The summed E-state index contributed by atoms with van der Waals surface area (Å²) in [5.41, 5.74) is 1.50. The predicted molar refractivity (Wildman–Crippen MR) is 100 cm³/mol. The van der Waals surface area contributed by atoms with Crippen LogP contribution in [0.2, 0.25) is 5.02 Å². The van der Waals surface area contributed by atoms with Gasteiger partial charge < -0.3 is 9.73 Å². The number of anilines is 1. The molecule has 25 heavy (non-hydrogen) atoms. The van der Waals surface area contributed by atoms with Gasteiger partial charge in [-0.15, -0.1) is 21.5 Å². The van der Waals surface area contributed by atoms with E-state index in [1.165, 1.54) is 23.1 Å². The number of nitrogens with one attached hydrogen (secondary N) is 1. The number of rotatable bonds is 5. The smallest absolute Gasteiger partial charge is 0.277 e. The minimum atomic E-state index is -0.406. The highest BCUT2D eigenvalue weighted by atomic mass is 35.5. The number of halogens is 1. The normalized spacial score (nSPS) is 12.2. The highest BCUT2D eigenvalue weighted by Crippen LogP contribution is 2.31. The van der Waals surface area contributed by atoms with Gasteiger partial charge in [-0.2, -0.15) is 0 Å². The summed E-state index contributed by atoms with van der Waals surface area (Å²) < 4.78 is 5.66. The van der Waals surface area contributed by atoms with Crippen LogP contribution >= 0.6 is 34.7 Å². The molecule has 0 aliphatic carbocycles. The minimum absolute atomic E-state index is 0.170. The SMILES string of the molecule is Cc1nc(C)c(-c2nnc(SC(C)C(=O)Nc3cccc(Cl)c3)o2)s1. The average Bonchev–Trinajstić information content (AvgIpc) is 3.13. The molecule has 0 saturated heterocycles. The van der Waals surface area contributed by atoms with Crippen LogP contribution in [0.5, 0.6) is 0 Å². The summed E-state index contributed by atoms with van der Waals surface area (Å²) in [6.07, 6.45) is 0. The fraction of sp³-hybridized carbons (Fsp3) is 0.250. The number of nitrogens with zero attached hydrogens (tertiary/aromatic N) is 3. The van der Waals surface area contributed by atoms with E-state index < -0.39 is 5.25 Å². The fourth-order valence-corrected chi connectivity index (χ4v) is 3.81. The molecular formula is C16H15ClN4O2S2. The highest BCUT2D eigenvalue weighted by Gasteiger charge is 2.20. The summed E-state index contributed by atoms with van der Waals surface area (Å²) in [4.78, 5) is 17.5. The van der Waals surface area contributed by atoms with Crippen molar-refractivity contribution in [3.63, 3.8) is 0 Å². The van der Waals surface area contributed by atoms with Crippen LogP contribution in [0.3, 0.4) is 0 Å². The summed E-state index contributed by atoms with van der Waals surface area (Å²) in [5.74, 6) is 0.255. The lowest BCUT2D eigenvalue weighted by Crippen LogP contribution is -2.22. The molecule has 0 bridgehead atoms. The number of thiazole rings is 1. The third-order valence-corrected chi connectivity index (χ3v) is 5.47. The number of aromatic nitrogens is 3. The van der Waals surface area contributed by atoms with Gasteiger partial charge in [0.2, 0.25) is 5.91 Å². The molecule has 0 aliphatic heterocycles. The molecule has 9 heteroatoms. The van der Waals surface area contributed by atoms with E-state index in [0.717, 1.165) is 15.6 Å². The molecule has 6 nitrogen and oxygen atoms in total. The van der Waals surface area contributed by atoms with Crippen molar-refractivity contribution in [1.82, 2.24) is 15.2 Å². The number of thioether (sulfide) groups is 1. The van der Waals surface area contributed by atoms with E-state index in [1.54, 1.807) is 31.2 Å². The van der Waals surface area contributed by atoms with E-state index in [1.807, 2.05) is 13.8 Å². The second-order valence-electron chi connectivity index (χ2n) is 5.28. The van der Waals surface area contributed by atoms with Crippen molar-refractivity contribution >= 4 is 46.3 Å². The van der Waals surface area contributed by atoms with Crippen molar-refractivity contribution in [1.29, 1.82) is 0 Å². The molecule has 1 atom stereocenters. The third kappa shape index (κ3) is 4.39. The molecule has 1 amide bonds. The number of hydrogen-bond acceptors (Lipinski definition) is 7. The van der Waals surface area contributed by atoms with E-state index in [-0.39, 0.29) is 5.91 Å². The van der Waals surface area contributed by atoms with Gasteiger partial charge in [0, 0.05) is 10.7 Å². The number of carbonyl (C=O) groups excluding carboxylic acids is 1. The minimum Gasteiger partial charge on any atom is -0.410 e. The van der Waals surface area contributed by atoms with Gasteiger partial charge in [0.05, 0.1) is 16.0 Å². The second-order valence-corrected chi connectivity index (χ2v) is 8.21. The van der Waals surface area contributed by atoms with E-state index in [0.29, 0.717) is 21.8 Å². The molecule has 0 fully saturated rings. The van der Waals surface area contributed by atoms with Gasteiger partial charge in [-0.05, 0) is 39.0 Å². The molecule has 0 saturated carbocycles. The molecule has 3 rings (SSSR count). The highest BCUT2D eigenvalue weighted by molar-refractivity contribution is 8.00. The Labute approximate surface area is 158 Å². The Morgan fingerprint density at radius 3 is 2.84 bits per heavy atom. The zero-order valence-corrected chi connectivity index (χ0v) is 16.1. The first-order valence-electron chi connectivity index (χ1n) is 7.43. The van der Waals surface area contributed by atoms with Gasteiger partial charge >= 0.3 is 0 Å². The Balaban J connectivity index is 1.66. The van der Waals surface area contributed by atoms with Crippen molar-refractivity contribution in [2.45, 2.75) is 31.2 Å². The van der Waals surface area contributed by atoms with E-state index in [4.69, 9.17) is 16.0 Å². The number of carbonyl (C=O) groups is 1. The van der Waals surface area contributed by atoms with Gasteiger partial charge in [-0.1, -0.05) is 29.4 Å². The van der Waals surface area contributed by atoms with Crippen molar-refractivity contribution in [3.8, 4) is 10.8 Å². The molecule has 1 aromatic carbocycles. The molecule has 130 valence electrons. The number of aryl methyl sites for hydroxylation is 2. The standard InChI is InChI=1S/C16H15ClN4O2S2/c1-8-13(25-10(3)18-8)15-20-21-16(23-15)24-9(2)14(22)19-12-6-4-5-11(17)7-12/h4-7,9H,1-3H3,(H,19,22). The molecular weight excluding hydrogens is 380 g/mol. The molecule has 0 aliphatic rings. The lowest BCUT2D eigenvalue weighted by molar-refractivity contribution is -0.115. The van der Waals surface area contributed by atoms with Crippen LogP contribution in [0.25, 0.3) is 10.8 Å². The van der Waals surface area contributed by atoms with Gasteiger partial charge in [-0.3, -0.25) is 4.79 Å². The first-order chi connectivity index (χ1) is 11.9. The van der Waals surface area contributed by atoms with Gasteiger partial charge in [0.25, 0.3) is 11.1 Å². The van der Waals surface area contributed by atoms with Gasteiger partial charge in [0.15, 0.2) is 0 Å². The predicted octanol–water partition coefficient (Wildman–Crippen LogP) is 4.58. The summed E-state index contributed by atoms with van der Waals surface area (Å²) in [6.45, 7) is 5.60. The maximum Gasteiger partial charge on any atom is 0.277 e. The Bertz CT molecular complexity index is 909. The maximum atomic E-state index is 12.3. The summed E-state index contributed by atoms with van der Waals surface area (Å²) in [5, 5.41) is 12.3. The monoisotopic (exact) mass is 394 g/mol. The molecule has 0 radical (unpaired) electrons. The summed E-state index contributed by atoms with van der Waals surface area (Å²) >= 11 is 8.62. The number of amides is 1.